The molecule has 3 rings (SSSR count). The van der Waals surface area contributed by atoms with E-state index in [0.717, 1.165) is 11.1 Å². The van der Waals surface area contributed by atoms with Crippen LogP contribution in [0.15, 0.2) is 47.4 Å². The van der Waals surface area contributed by atoms with Gasteiger partial charge in [-0.25, -0.2) is 8.42 Å². The lowest BCUT2D eigenvalue weighted by molar-refractivity contribution is 0.0982. The number of hydrogen-bond donors (Lipinski definition) is 0. The highest BCUT2D eigenvalue weighted by atomic mass is 32.2. The number of nitrogens with zero attached hydrogens (tertiary/aromatic N) is 1. The van der Waals surface area contributed by atoms with Crippen molar-refractivity contribution in [1.82, 2.24) is 0 Å². The average Bonchev–Trinajstić information content (AvgIpc) is 2.48. The van der Waals surface area contributed by atoms with Crippen LogP contribution in [-0.4, -0.2) is 20.7 Å². The molecule has 0 atom stereocenters. The first-order valence-corrected chi connectivity index (χ1v) is 8.57. The molecule has 0 bridgehead atoms. The van der Waals surface area contributed by atoms with Crippen molar-refractivity contribution >= 4 is 21.5 Å². The summed E-state index contributed by atoms with van der Waals surface area (Å²) in [6.07, 6.45) is 0.210. The number of benzene rings is 2. The van der Waals surface area contributed by atoms with Crippen LogP contribution in [0.2, 0.25) is 0 Å². The second-order valence-corrected chi connectivity index (χ2v) is 7.40. The van der Waals surface area contributed by atoms with Gasteiger partial charge in [-0.15, -0.1) is 0 Å². The van der Waals surface area contributed by atoms with E-state index in [1.807, 2.05) is 26.0 Å². The molecule has 114 valence electrons. The molecule has 0 N–H and O–H groups in total. The molecular formula is C17H17NO3S. The Morgan fingerprint density at radius 2 is 1.77 bits per heavy atom. The molecule has 0 spiro atoms. The maximum absolute atomic E-state index is 13.0. The Balaban J connectivity index is 2.18. The first-order valence-electron chi connectivity index (χ1n) is 7.13. The molecule has 4 nitrogen and oxygen atoms in total. The first kappa shape index (κ1) is 14.8. The van der Waals surface area contributed by atoms with Crippen LogP contribution in [0.5, 0.6) is 0 Å². The third-order valence-corrected chi connectivity index (χ3v) is 5.70. The summed E-state index contributed by atoms with van der Waals surface area (Å²) in [5.74, 6) is -0.00519. The summed E-state index contributed by atoms with van der Waals surface area (Å²) in [6.45, 7) is 3.88. The average molecular weight is 315 g/mol. The second-order valence-electron chi connectivity index (χ2n) is 5.54. The maximum atomic E-state index is 13.0. The summed E-state index contributed by atoms with van der Waals surface area (Å²) in [5.41, 5.74) is 2.68. The number of para-hydroxylation sites is 1. The maximum Gasteiger partial charge on any atom is 0.264 e. The minimum Gasteiger partial charge on any atom is -0.294 e. The quantitative estimate of drug-likeness (QED) is 0.856. The molecule has 0 fully saturated rings. The number of aryl methyl sites for hydroxylation is 2. The van der Waals surface area contributed by atoms with E-state index in [9.17, 15) is 13.2 Å². The zero-order chi connectivity index (χ0) is 15.9. The minimum absolute atomic E-state index is 0.00519. The Bertz CT molecular complexity index is 856. The Kier molecular flexibility index (Phi) is 3.53. The van der Waals surface area contributed by atoms with Crippen LogP contribution in [0.3, 0.4) is 0 Å². The van der Waals surface area contributed by atoms with Gasteiger partial charge in [0.1, 0.15) is 0 Å². The summed E-state index contributed by atoms with van der Waals surface area (Å²) in [5, 5.41) is 0. The topological polar surface area (TPSA) is 54.5 Å². The van der Waals surface area contributed by atoms with Crippen molar-refractivity contribution in [2.45, 2.75) is 25.2 Å². The summed E-state index contributed by atoms with van der Waals surface area (Å²) in [6, 6.07) is 12.2. The molecule has 5 heteroatoms. The van der Waals surface area contributed by atoms with Crippen molar-refractivity contribution in [1.29, 1.82) is 0 Å². The first-order chi connectivity index (χ1) is 10.4. The lowest BCUT2D eigenvalue weighted by Crippen LogP contribution is -2.38. The zero-order valence-electron chi connectivity index (χ0n) is 12.5. The summed E-state index contributed by atoms with van der Waals surface area (Å²) in [4.78, 5) is 12.3. The molecule has 0 aromatic heterocycles. The molecule has 0 saturated heterocycles. The predicted octanol–water partition coefficient (Wildman–Crippen LogP) is 3.09. The molecule has 22 heavy (non-hydrogen) atoms. The van der Waals surface area contributed by atoms with Crippen LogP contribution in [-0.2, 0) is 10.0 Å². The van der Waals surface area contributed by atoms with Crippen LogP contribution in [0.4, 0.5) is 5.69 Å². The Labute approximate surface area is 130 Å². The normalized spacial score (nSPS) is 14.8. The molecule has 0 aliphatic carbocycles. The fourth-order valence-electron chi connectivity index (χ4n) is 2.81. The summed E-state index contributed by atoms with van der Waals surface area (Å²) >= 11 is 0. The number of fused-ring (bicyclic) bond motifs is 1. The molecule has 0 amide bonds. The van der Waals surface area contributed by atoms with Crippen molar-refractivity contribution < 1.29 is 13.2 Å². The zero-order valence-corrected chi connectivity index (χ0v) is 13.4. The Hall–Kier alpha value is -2.14. The lowest BCUT2D eigenvalue weighted by atomic mass is 9.99. The van der Waals surface area contributed by atoms with Gasteiger partial charge in [0.05, 0.1) is 10.6 Å². The second kappa shape index (κ2) is 5.25. The highest BCUT2D eigenvalue weighted by molar-refractivity contribution is 7.92. The fraction of sp³-hybridized carbons (Fsp3) is 0.235. The van der Waals surface area contributed by atoms with E-state index in [1.165, 1.54) is 4.31 Å². The summed E-state index contributed by atoms with van der Waals surface area (Å²) in [7, 11) is -3.66. The van der Waals surface area contributed by atoms with Gasteiger partial charge >= 0.3 is 0 Å². The van der Waals surface area contributed by atoms with Gasteiger partial charge in [-0.2, -0.15) is 0 Å². The summed E-state index contributed by atoms with van der Waals surface area (Å²) < 4.78 is 27.3. The van der Waals surface area contributed by atoms with Gasteiger partial charge in [0.15, 0.2) is 5.78 Å². The standard InChI is InChI=1S/C17H17NO3S/c1-12-5-3-7-14(11-12)22(20,21)18-10-9-16(19)15-8-4-6-13(2)17(15)18/h3-8,11H,9-10H2,1-2H3. The molecule has 2 aromatic rings. The Morgan fingerprint density at radius 1 is 1.05 bits per heavy atom. The van der Waals surface area contributed by atoms with Crippen molar-refractivity contribution in [2.75, 3.05) is 10.8 Å². The van der Waals surface area contributed by atoms with Crippen LogP contribution in [0.25, 0.3) is 0 Å². The molecule has 1 heterocycles. The fourth-order valence-corrected chi connectivity index (χ4v) is 4.46. The molecule has 0 radical (unpaired) electrons. The van der Waals surface area contributed by atoms with E-state index in [0.29, 0.717) is 11.3 Å². The number of anilines is 1. The van der Waals surface area contributed by atoms with Crippen LogP contribution in [0.1, 0.15) is 27.9 Å². The smallest absolute Gasteiger partial charge is 0.264 e. The van der Waals surface area contributed by atoms with E-state index in [4.69, 9.17) is 0 Å². The number of rotatable bonds is 2. The van der Waals surface area contributed by atoms with Gasteiger partial charge in [0.2, 0.25) is 0 Å². The monoisotopic (exact) mass is 315 g/mol. The predicted molar refractivity (Wildman–Crippen MR) is 85.8 cm³/mol. The number of sulfonamides is 1. The SMILES string of the molecule is Cc1cccc(S(=O)(=O)N2CCC(=O)c3cccc(C)c32)c1. The number of hydrogen-bond acceptors (Lipinski definition) is 3. The van der Waals surface area contributed by atoms with Crippen molar-refractivity contribution in [3.8, 4) is 0 Å². The number of carbonyl (C=O) groups excluding carboxylic acids is 1. The van der Waals surface area contributed by atoms with Gasteiger partial charge in [0, 0.05) is 18.5 Å². The van der Waals surface area contributed by atoms with Crippen LogP contribution in [0, 0.1) is 13.8 Å². The third kappa shape index (κ3) is 2.31. The van der Waals surface area contributed by atoms with E-state index in [1.54, 1.807) is 30.3 Å². The lowest BCUT2D eigenvalue weighted by Gasteiger charge is -2.31. The number of carbonyl (C=O) groups is 1. The van der Waals surface area contributed by atoms with Gasteiger partial charge in [0.25, 0.3) is 10.0 Å². The van der Waals surface area contributed by atoms with Crippen LogP contribution < -0.4 is 4.31 Å². The van der Waals surface area contributed by atoms with E-state index >= 15 is 0 Å². The highest BCUT2D eigenvalue weighted by Gasteiger charge is 2.33. The van der Waals surface area contributed by atoms with E-state index < -0.39 is 10.0 Å². The third-order valence-electron chi connectivity index (χ3n) is 3.91. The highest BCUT2D eigenvalue weighted by Crippen LogP contribution is 2.34. The molecule has 0 unspecified atom stereocenters. The van der Waals surface area contributed by atoms with Crippen molar-refractivity contribution in [2.24, 2.45) is 0 Å². The Morgan fingerprint density at radius 3 is 2.50 bits per heavy atom. The molecule has 0 saturated carbocycles. The molecule has 1 aliphatic rings. The van der Waals surface area contributed by atoms with Gasteiger partial charge in [-0.1, -0.05) is 24.3 Å². The largest absolute Gasteiger partial charge is 0.294 e. The molecule has 1 aliphatic heterocycles. The van der Waals surface area contributed by atoms with Gasteiger partial charge in [-0.05, 0) is 43.2 Å². The molecular weight excluding hydrogens is 298 g/mol. The van der Waals surface area contributed by atoms with Gasteiger partial charge in [-0.3, -0.25) is 9.10 Å². The van der Waals surface area contributed by atoms with Gasteiger partial charge < -0.3 is 0 Å². The van der Waals surface area contributed by atoms with Crippen molar-refractivity contribution in [3.63, 3.8) is 0 Å². The number of Topliss-reactive ketones (excluding diaryl/α,β-unsaturated/α-hetero) is 1. The molecule has 2 aromatic carbocycles. The van der Waals surface area contributed by atoms with Crippen LogP contribution >= 0.6 is 0 Å². The van der Waals surface area contributed by atoms with E-state index in [2.05, 4.69) is 0 Å². The van der Waals surface area contributed by atoms with Crippen molar-refractivity contribution in [3.05, 3.63) is 59.2 Å². The minimum atomic E-state index is -3.66. The number of ketones is 1. The van der Waals surface area contributed by atoms with E-state index in [-0.39, 0.29) is 23.6 Å².